The van der Waals surface area contributed by atoms with Crippen molar-refractivity contribution in [2.75, 3.05) is 14.2 Å². The van der Waals surface area contributed by atoms with Crippen LogP contribution in [0.3, 0.4) is 0 Å². The Hall–Kier alpha value is -1.88. The third-order valence-electron chi connectivity index (χ3n) is 2.71. The van der Waals surface area contributed by atoms with E-state index in [1.165, 1.54) is 26.4 Å². The van der Waals surface area contributed by atoms with Gasteiger partial charge in [0.15, 0.2) is 5.78 Å². The summed E-state index contributed by atoms with van der Waals surface area (Å²) in [4.78, 5) is 23.7. The van der Waals surface area contributed by atoms with Gasteiger partial charge >= 0.3 is 0 Å². The predicted molar refractivity (Wildman–Crippen MR) is 74.5 cm³/mol. The van der Waals surface area contributed by atoms with Gasteiger partial charge in [0.2, 0.25) is 5.78 Å². The van der Waals surface area contributed by atoms with E-state index in [1.807, 2.05) is 0 Å². The van der Waals surface area contributed by atoms with Crippen molar-refractivity contribution in [2.45, 2.75) is 0 Å². The molecular formula is C14H11BrO4. The first-order valence-corrected chi connectivity index (χ1v) is 6.26. The van der Waals surface area contributed by atoms with Gasteiger partial charge in [-0.2, -0.15) is 0 Å². The minimum atomic E-state index is -0.276. The largest absolute Gasteiger partial charge is 0.496 e. The van der Waals surface area contributed by atoms with Gasteiger partial charge in [-0.1, -0.05) is 6.07 Å². The van der Waals surface area contributed by atoms with Gasteiger partial charge in [0.05, 0.1) is 24.3 Å². The number of methoxy groups -OCH3 is 2. The van der Waals surface area contributed by atoms with E-state index in [4.69, 9.17) is 9.47 Å². The lowest BCUT2D eigenvalue weighted by atomic mass is 9.94. The number of Topliss-reactive ketones (excluding diaryl/α,β-unsaturated/α-hetero) is 1. The molecule has 0 fully saturated rings. The van der Waals surface area contributed by atoms with Crippen LogP contribution in [-0.4, -0.2) is 25.8 Å². The number of ketones is 2. The molecular weight excluding hydrogens is 312 g/mol. The molecule has 2 rings (SSSR count). The van der Waals surface area contributed by atoms with Crippen LogP contribution in [0.5, 0.6) is 11.5 Å². The van der Waals surface area contributed by atoms with Crippen molar-refractivity contribution in [1.29, 1.82) is 0 Å². The van der Waals surface area contributed by atoms with E-state index in [9.17, 15) is 9.59 Å². The minimum Gasteiger partial charge on any atom is -0.496 e. The molecule has 0 heterocycles. The molecule has 5 heteroatoms. The average Bonchev–Trinajstić information content (AvgIpc) is 2.41. The molecule has 0 aliphatic heterocycles. The number of rotatable bonds is 3. The van der Waals surface area contributed by atoms with E-state index in [-0.39, 0.29) is 21.6 Å². The summed E-state index contributed by atoms with van der Waals surface area (Å²) in [6.07, 6.45) is 2.53. The van der Waals surface area contributed by atoms with Crippen molar-refractivity contribution in [1.82, 2.24) is 0 Å². The molecule has 1 aromatic rings. The summed E-state index contributed by atoms with van der Waals surface area (Å²) in [5.41, 5.74) is 0.740. The van der Waals surface area contributed by atoms with Crippen LogP contribution >= 0.6 is 15.9 Å². The summed E-state index contributed by atoms with van der Waals surface area (Å²) in [6, 6.07) is 5.17. The standard InChI is InChI=1S/C14H11BrO4/c1-18-11-4-3-5-12(19-2)13(11)9-6-8(16)7-10(15)14(9)17/h3-7H,1-2H3. The lowest BCUT2D eigenvalue weighted by Gasteiger charge is -2.16. The predicted octanol–water partition coefficient (Wildman–Crippen LogP) is 2.52. The molecule has 0 atom stereocenters. The molecule has 0 saturated carbocycles. The van der Waals surface area contributed by atoms with Gasteiger partial charge in [-0.05, 0) is 34.1 Å². The number of benzene rings is 1. The van der Waals surface area contributed by atoms with Gasteiger partial charge < -0.3 is 9.47 Å². The van der Waals surface area contributed by atoms with E-state index in [2.05, 4.69) is 15.9 Å². The third kappa shape index (κ3) is 2.46. The Balaban J connectivity index is 2.65. The highest BCUT2D eigenvalue weighted by atomic mass is 79.9. The van der Waals surface area contributed by atoms with Crippen molar-refractivity contribution < 1.29 is 19.1 Å². The summed E-state index contributed by atoms with van der Waals surface area (Å²) in [7, 11) is 3.00. The summed E-state index contributed by atoms with van der Waals surface area (Å²) >= 11 is 3.09. The zero-order chi connectivity index (χ0) is 14.0. The number of allylic oxidation sites excluding steroid dienone is 4. The average molecular weight is 323 g/mol. The lowest BCUT2D eigenvalue weighted by Crippen LogP contribution is -2.11. The molecule has 0 aromatic heterocycles. The zero-order valence-corrected chi connectivity index (χ0v) is 12.0. The van der Waals surface area contributed by atoms with E-state index in [1.54, 1.807) is 18.2 Å². The maximum absolute atomic E-state index is 12.2. The Morgan fingerprint density at radius 2 is 1.58 bits per heavy atom. The van der Waals surface area contributed by atoms with Crippen LogP contribution in [0, 0.1) is 0 Å². The molecule has 19 heavy (non-hydrogen) atoms. The normalized spacial score (nSPS) is 14.9. The molecule has 1 aliphatic rings. The highest BCUT2D eigenvalue weighted by molar-refractivity contribution is 9.12. The van der Waals surface area contributed by atoms with Crippen LogP contribution in [-0.2, 0) is 9.59 Å². The molecule has 0 unspecified atom stereocenters. The molecule has 98 valence electrons. The number of hydrogen-bond acceptors (Lipinski definition) is 4. The van der Waals surface area contributed by atoms with Crippen LogP contribution in [0.4, 0.5) is 0 Å². The first-order valence-electron chi connectivity index (χ1n) is 5.47. The smallest absolute Gasteiger partial charge is 0.201 e. The van der Waals surface area contributed by atoms with Crippen LogP contribution in [0.15, 0.2) is 34.8 Å². The Morgan fingerprint density at radius 3 is 2.11 bits per heavy atom. The van der Waals surface area contributed by atoms with E-state index < -0.39 is 0 Å². The van der Waals surface area contributed by atoms with E-state index >= 15 is 0 Å². The highest BCUT2D eigenvalue weighted by Crippen LogP contribution is 2.38. The van der Waals surface area contributed by atoms with Crippen LogP contribution in [0.1, 0.15) is 5.56 Å². The Bertz CT molecular complexity index is 592. The van der Waals surface area contributed by atoms with Crippen molar-refractivity contribution in [3.8, 4) is 11.5 Å². The maximum Gasteiger partial charge on any atom is 0.201 e. The van der Waals surface area contributed by atoms with Gasteiger partial charge in [0.25, 0.3) is 0 Å². The second-order valence-electron chi connectivity index (χ2n) is 3.82. The van der Waals surface area contributed by atoms with Crippen LogP contribution in [0.2, 0.25) is 0 Å². The fourth-order valence-electron chi connectivity index (χ4n) is 1.87. The van der Waals surface area contributed by atoms with Gasteiger partial charge in [0, 0.05) is 11.6 Å². The van der Waals surface area contributed by atoms with Crippen molar-refractivity contribution in [3.05, 3.63) is 40.4 Å². The van der Waals surface area contributed by atoms with Crippen molar-refractivity contribution in [3.63, 3.8) is 0 Å². The lowest BCUT2D eigenvalue weighted by molar-refractivity contribution is -0.113. The number of ether oxygens (including phenoxy) is 2. The van der Waals surface area contributed by atoms with E-state index in [0.29, 0.717) is 17.1 Å². The molecule has 4 nitrogen and oxygen atoms in total. The van der Waals surface area contributed by atoms with Crippen LogP contribution < -0.4 is 9.47 Å². The van der Waals surface area contributed by atoms with Gasteiger partial charge in [-0.3, -0.25) is 9.59 Å². The Labute approximate surface area is 118 Å². The fraction of sp³-hybridized carbons (Fsp3) is 0.143. The summed E-state index contributed by atoms with van der Waals surface area (Å²) in [5, 5.41) is 0. The Morgan fingerprint density at radius 1 is 1.00 bits per heavy atom. The van der Waals surface area contributed by atoms with Gasteiger partial charge in [-0.25, -0.2) is 0 Å². The van der Waals surface area contributed by atoms with Crippen molar-refractivity contribution >= 4 is 33.1 Å². The monoisotopic (exact) mass is 322 g/mol. The molecule has 0 bridgehead atoms. The molecule has 1 aromatic carbocycles. The molecule has 1 aliphatic carbocycles. The summed E-state index contributed by atoms with van der Waals surface area (Å²) in [5.74, 6) is 0.430. The number of halogens is 1. The fourth-order valence-corrected chi connectivity index (χ4v) is 2.31. The highest BCUT2D eigenvalue weighted by Gasteiger charge is 2.26. The first kappa shape index (κ1) is 13.5. The number of hydrogen-bond donors (Lipinski definition) is 0. The topological polar surface area (TPSA) is 52.6 Å². The SMILES string of the molecule is COc1cccc(OC)c1C1=CC(=O)C=C(Br)C1=O. The van der Waals surface area contributed by atoms with Gasteiger partial charge in [0.1, 0.15) is 11.5 Å². The zero-order valence-electron chi connectivity index (χ0n) is 10.4. The van der Waals surface area contributed by atoms with Gasteiger partial charge in [-0.15, -0.1) is 0 Å². The molecule has 0 spiro atoms. The molecule has 0 amide bonds. The second-order valence-corrected chi connectivity index (χ2v) is 4.67. The van der Waals surface area contributed by atoms with Crippen LogP contribution in [0.25, 0.3) is 5.57 Å². The maximum atomic E-state index is 12.2. The molecule has 0 radical (unpaired) electrons. The first-order chi connectivity index (χ1) is 9.08. The van der Waals surface area contributed by atoms with Crippen molar-refractivity contribution in [2.24, 2.45) is 0 Å². The second kappa shape index (κ2) is 5.40. The quantitative estimate of drug-likeness (QED) is 0.802. The number of carbonyl (C=O) groups excluding carboxylic acids is 2. The summed E-state index contributed by atoms with van der Waals surface area (Å²) < 4.78 is 10.7. The third-order valence-corrected chi connectivity index (χ3v) is 3.30. The molecule has 0 saturated heterocycles. The number of carbonyl (C=O) groups is 2. The Kier molecular flexibility index (Phi) is 3.85. The summed E-state index contributed by atoms with van der Waals surface area (Å²) in [6.45, 7) is 0. The van der Waals surface area contributed by atoms with E-state index in [0.717, 1.165) is 0 Å². The minimum absolute atomic E-state index is 0.225. The molecule has 0 N–H and O–H groups in total.